The second-order valence-electron chi connectivity index (χ2n) is 4.74. The van der Waals surface area contributed by atoms with E-state index < -0.39 is 11.7 Å². The zero-order valence-electron chi connectivity index (χ0n) is 10.2. The Morgan fingerprint density at radius 1 is 1.53 bits per heavy atom. The van der Waals surface area contributed by atoms with E-state index in [0.717, 1.165) is 5.56 Å². The van der Waals surface area contributed by atoms with E-state index in [1.807, 2.05) is 13.8 Å². The van der Waals surface area contributed by atoms with Crippen molar-refractivity contribution < 1.29 is 19.4 Å². The van der Waals surface area contributed by atoms with Crippen LogP contribution in [0.15, 0.2) is 18.2 Å². The van der Waals surface area contributed by atoms with Crippen molar-refractivity contribution in [3.63, 3.8) is 0 Å². The molecule has 1 aliphatic heterocycles. The molecule has 0 spiro atoms. The van der Waals surface area contributed by atoms with Gasteiger partial charge in [0.2, 0.25) is 0 Å². The van der Waals surface area contributed by atoms with Gasteiger partial charge in [-0.05, 0) is 37.6 Å². The highest BCUT2D eigenvalue weighted by Crippen LogP contribution is 2.33. The first-order valence-corrected chi connectivity index (χ1v) is 5.52. The first-order valence-electron chi connectivity index (χ1n) is 5.52. The molecule has 1 aromatic rings. The molecule has 2 rings (SSSR count). The molecule has 17 heavy (non-hydrogen) atoms. The molecule has 0 bridgehead atoms. The minimum atomic E-state index is -0.597. The molecule has 4 heteroatoms. The fourth-order valence-corrected chi connectivity index (χ4v) is 1.89. The smallest absolute Gasteiger partial charge is 0.337 e. The molecule has 4 nitrogen and oxygen atoms in total. The number of carbonyl (C=O) groups is 1. The molecule has 0 saturated heterocycles. The number of hydrogen-bond donors (Lipinski definition) is 1. The summed E-state index contributed by atoms with van der Waals surface area (Å²) < 4.78 is 10.4. The zero-order valence-corrected chi connectivity index (χ0v) is 10.2. The van der Waals surface area contributed by atoms with Crippen molar-refractivity contribution in [2.24, 2.45) is 0 Å². The van der Waals surface area contributed by atoms with Crippen LogP contribution < -0.4 is 4.74 Å². The number of methoxy groups -OCH3 is 1. The van der Waals surface area contributed by atoms with Gasteiger partial charge in [0, 0.05) is 6.42 Å². The Morgan fingerprint density at radius 3 is 2.88 bits per heavy atom. The van der Waals surface area contributed by atoms with Crippen molar-refractivity contribution in [3.05, 3.63) is 29.3 Å². The van der Waals surface area contributed by atoms with Crippen LogP contribution in [-0.2, 0) is 11.2 Å². The number of benzene rings is 1. The standard InChI is InChI=1S/C13H16O4/c1-13(2)11(14)7-9-6-8(12(15)16-3)4-5-10(9)17-13/h4-6,11,14H,7H2,1-3H3. The molecule has 1 aromatic carbocycles. The highest BCUT2D eigenvalue weighted by atomic mass is 16.5. The van der Waals surface area contributed by atoms with Gasteiger partial charge >= 0.3 is 5.97 Å². The molecule has 0 fully saturated rings. The van der Waals surface area contributed by atoms with Gasteiger partial charge in [0.1, 0.15) is 11.4 Å². The maximum atomic E-state index is 11.4. The molecule has 1 unspecified atom stereocenters. The van der Waals surface area contributed by atoms with Gasteiger partial charge in [-0.1, -0.05) is 0 Å². The van der Waals surface area contributed by atoms with Gasteiger partial charge in [0.05, 0.1) is 18.8 Å². The number of aliphatic hydroxyl groups excluding tert-OH is 1. The summed E-state index contributed by atoms with van der Waals surface area (Å²) in [7, 11) is 1.34. The number of aliphatic hydroxyl groups is 1. The number of esters is 1. The molecule has 1 atom stereocenters. The molecule has 0 aliphatic carbocycles. The predicted octanol–water partition coefficient (Wildman–Crippen LogP) is 1.55. The van der Waals surface area contributed by atoms with Crippen LogP contribution in [0, 0.1) is 0 Å². The third kappa shape index (κ3) is 2.13. The molecule has 0 radical (unpaired) electrons. The highest BCUT2D eigenvalue weighted by molar-refractivity contribution is 5.89. The molecule has 1 heterocycles. The molecular weight excluding hydrogens is 220 g/mol. The van der Waals surface area contributed by atoms with E-state index in [2.05, 4.69) is 4.74 Å². The second-order valence-corrected chi connectivity index (χ2v) is 4.74. The normalized spacial score (nSPS) is 21.3. The Kier molecular flexibility index (Phi) is 2.83. The number of ether oxygens (including phenoxy) is 2. The van der Waals surface area contributed by atoms with Crippen LogP contribution in [0.2, 0.25) is 0 Å². The predicted molar refractivity (Wildman–Crippen MR) is 62.2 cm³/mol. The van der Waals surface area contributed by atoms with Crippen LogP contribution >= 0.6 is 0 Å². The van der Waals surface area contributed by atoms with Crippen molar-refractivity contribution >= 4 is 5.97 Å². The van der Waals surface area contributed by atoms with Crippen LogP contribution in [0.1, 0.15) is 29.8 Å². The van der Waals surface area contributed by atoms with E-state index in [1.165, 1.54) is 7.11 Å². The van der Waals surface area contributed by atoms with Crippen molar-refractivity contribution in [2.45, 2.75) is 32.0 Å². The number of hydrogen-bond acceptors (Lipinski definition) is 4. The van der Waals surface area contributed by atoms with Crippen LogP contribution in [0.25, 0.3) is 0 Å². The lowest BCUT2D eigenvalue weighted by atomic mass is 9.90. The maximum absolute atomic E-state index is 11.4. The Balaban J connectivity index is 2.36. The van der Waals surface area contributed by atoms with Gasteiger partial charge < -0.3 is 14.6 Å². The van der Waals surface area contributed by atoms with E-state index in [1.54, 1.807) is 18.2 Å². The summed E-state index contributed by atoms with van der Waals surface area (Å²) in [5, 5.41) is 9.93. The minimum Gasteiger partial charge on any atom is -0.485 e. The summed E-state index contributed by atoms with van der Waals surface area (Å²) in [5.74, 6) is 0.333. The van der Waals surface area contributed by atoms with E-state index in [0.29, 0.717) is 17.7 Å². The molecule has 1 N–H and O–H groups in total. The lowest BCUT2D eigenvalue weighted by molar-refractivity contribution is -0.0411. The van der Waals surface area contributed by atoms with Crippen LogP contribution in [-0.4, -0.2) is 29.9 Å². The largest absolute Gasteiger partial charge is 0.485 e. The Morgan fingerprint density at radius 2 is 2.24 bits per heavy atom. The highest BCUT2D eigenvalue weighted by Gasteiger charge is 2.35. The Labute approximate surface area is 100 Å². The topological polar surface area (TPSA) is 55.8 Å². The van der Waals surface area contributed by atoms with E-state index in [9.17, 15) is 9.90 Å². The van der Waals surface area contributed by atoms with Crippen molar-refractivity contribution in [2.75, 3.05) is 7.11 Å². The Hall–Kier alpha value is -1.55. The summed E-state index contributed by atoms with van der Waals surface area (Å²) in [6.07, 6.45) is -0.101. The van der Waals surface area contributed by atoms with E-state index in [4.69, 9.17) is 4.74 Å². The van der Waals surface area contributed by atoms with Gasteiger partial charge in [-0.15, -0.1) is 0 Å². The first-order chi connectivity index (χ1) is 7.94. The second kappa shape index (κ2) is 4.04. The average molecular weight is 236 g/mol. The SMILES string of the molecule is COC(=O)c1ccc2c(c1)CC(O)C(C)(C)O2. The lowest BCUT2D eigenvalue weighted by Gasteiger charge is -2.37. The summed E-state index contributed by atoms with van der Waals surface area (Å²) in [6.45, 7) is 3.68. The summed E-state index contributed by atoms with van der Waals surface area (Å²) in [4.78, 5) is 11.4. The van der Waals surface area contributed by atoms with Crippen molar-refractivity contribution in [3.8, 4) is 5.75 Å². The molecule has 1 aliphatic rings. The molecule has 0 saturated carbocycles. The summed E-state index contributed by atoms with van der Waals surface area (Å²) in [5.41, 5.74) is 0.709. The van der Waals surface area contributed by atoms with Crippen molar-refractivity contribution in [1.82, 2.24) is 0 Å². The summed E-state index contributed by atoms with van der Waals surface area (Å²) >= 11 is 0. The van der Waals surface area contributed by atoms with E-state index >= 15 is 0 Å². The quantitative estimate of drug-likeness (QED) is 0.752. The zero-order chi connectivity index (χ0) is 12.6. The van der Waals surface area contributed by atoms with Crippen LogP contribution in [0.5, 0.6) is 5.75 Å². The molecular formula is C13H16O4. The number of carbonyl (C=O) groups excluding carboxylic acids is 1. The molecule has 0 aromatic heterocycles. The molecule has 92 valence electrons. The third-order valence-corrected chi connectivity index (χ3v) is 3.07. The Bertz CT molecular complexity index is 451. The van der Waals surface area contributed by atoms with Gasteiger partial charge in [-0.25, -0.2) is 4.79 Å². The summed E-state index contributed by atoms with van der Waals surface area (Å²) in [6, 6.07) is 5.12. The fraction of sp³-hybridized carbons (Fsp3) is 0.462. The first kappa shape index (κ1) is 11.9. The van der Waals surface area contributed by atoms with Gasteiger partial charge in [0.25, 0.3) is 0 Å². The van der Waals surface area contributed by atoms with Crippen molar-refractivity contribution in [1.29, 1.82) is 0 Å². The maximum Gasteiger partial charge on any atom is 0.337 e. The fourth-order valence-electron chi connectivity index (χ4n) is 1.89. The van der Waals surface area contributed by atoms with Gasteiger partial charge in [-0.3, -0.25) is 0 Å². The van der Waals surface area contributed by atoms with Crippen LogP contribution in [0.4, 0.5) is 0 Å². The lowest BCUT2D eigenvalue weighted by Crippen LogP contribution is -2.46. The van der Waals surface area contributed by atoms with Crippen LogP contribution in [0.3, 0.4) is 0 Å². The van der Waals surface area contributed by atoms with E-state index in [-0.39, 0.29) is 5.97 Å². The van der Waals surface area contributed by atoms with Gasteiger partial charge in [0.15, 0.2) is 0 Å². The average Bonchev–Trinajstić information content (AvgIpc) is 2.28. The minimum absolute atomic E-state index is 0.382. The third-order valence-electron chi connectivity index (χ3n) is 3.07. The number of rotatable bonds is 1. The monoisotopic (exact) mass is 236 g/mol. The van der Waals surface area contributed by atoms with Gasteiger partial charge in [-0.2, -0.15) is 0 Å². The molecule has 0 amide bonds. The number of fused-ring (bicyclic) bond motifs is 1.